The molecule has 1 amide bonds. The molecule has 0 aromatic heterocycles. The fourth-order valence-corrected chi connectivity index (χ4v) is 7.18. The Labute approximate surface area is 240 Å². The van der Waals surface area contributed by atoms with Crippen LogP contribution in [-0.2, 0) is 10.2 Å². The molecule has 8 heteroatoms. The van der Waals surface area contributed by atoms with Crippen LogP contribution in [0, 0.1) is 11.7 Å². The van der Waals surface area contributed by atoms with Gasteiger partial charge in [-0.2, -0.15) is 0 Å². The van der Waals surface area contributed by atoms with Crippen molar-refractivity contribution in [2.45, 2.75) is 17.5 Å². The largest absolute Gasteiger partial charge is 0.454 e. The highest BCUT2D eigenvalue weighted by molar-refractivity contribution is 6.16. The number of rotatable bonds is 4. The molecule has 1 N–H and O–H groups in total. The molecule has 0 saturated carbocycles. The third kappa shape index (κ3) is 3.23. The molecule has 7 nitrogen and oxygen atoms in total. The first kappa shape index (κ1) is 24.5. The van der Waals surface area contributed by atoms with Gasteiger partial charge in [0.05, 0.1) is 12.0 Å². The Morgan fingerprint density at radius 3 is 2.45 bits per heavy atom. The summed E-state index contributed by atoms with van der Waals surface area (Å²) in [6.07, 6.45) is 3.71. The van der Waals surface area contributed by atoms with Gasteiger partial charge in [-0.25, -0.2) is 4.39 Å². The standard InChI is InChI=1S/C34H23FN2O5/c35-22-12-9-20(10-13-22)31(39)29-28(30(38)21-11-14-26-27(17-21)42-18-41-26)34(24-7-3-4-8-25(24)36-33(34)40)32-23-6-2-1-5-19(23)15-16-37(29)32/h1-17,28-29,32H,18H2,(H,36,40)/t28-,29+,32+,34+/m1/s1. The average molecular weight is 559 g/mol. The van der Waals surface area contributed by atoms with E-state index in [2.05, 4.69) is 5.32 Å². The quantitative estimate of drug-likeness (QED) is 0.332. The molecule has 4 aromatic rings. The van der Waals surface area contributed by atoms with Crippen LogP contribution in [-0.4, -0.2) is 35.2 Å². The fraction of sp³-hybridized carbons (Fsp3) is 0.147. The molecule has 1 spiro atoms. The molecular weight excluding hydrogens is 535 g/mol. The van der Waals surface area contributed by atoms with Crippen LogP contribution in [0.25, 0.3) is 6.08 Å². The van der Waals surface area contributed by atoms with E-state index in [9.17, 15) is 18.8 Å². The number of nitrogens with zero attached hydrogens (tertiary/aromatic N) is 1. The molecule has 0 bridgehead atoms. The smallest absolute Gasteiger partial charge is 0.238 e. The van der Waals surface area contributed by atoms with Crippen LogP contribution >= 0.6 is 0 Å². The predicted molar refractivity (Wildman–Crippen MR) is 152 cm³/mol. The van der Waals surface area contributed by atoms with Crippen molar-refractivity contribution < 1.29 is 28.2 Å². The lowest BCUT2D eigenvalue weighted by Crippen LogP contribution is -2.49. The predicted octanol–water partition coefficient (Wildman–Crippen LogP) is 5.54. The highest BCUT2D eigenvalue weighted by Crippen LogP contribution is 2.62. The third-order valence-electron chi connectivity index (χ3n) is 8.91. The number of amides is 1. The number of nitrogens with one attached hydrogen (secondary N) is 1. The van der Waals surface area contributed by atoms with Crippen LogP contribution < -0.4 is 14.8 Å². The minimum Gasteiger partial charge on any atom is -0.454 e. The molecule has 0 radical (unpaired) electrons. The van der Waals surface area contributed by atoms with Crippen LogP contribution in [0.1, 0.15) is 43.4 Å². The van der Waals surface area contributed by atoms with E-state index in [-0.39, 0.29) is 29.8 Å². The molecule has 4 aliphatic rings. The molecular formula is C34H23FN2O5. The number of ether oxygens (including phenoxy) is 2. The Morgan fingerprint density at radius 1 is 0.857 bits per heavy atom. The number of benzene rings is 4. The molecule has 1 saturated heterocycles. The van der Waals surface area contributed by atoms with Gasteiger partial charge in [-0.3, -0.25) is 14.4 Å². The van der Waals surface area contributed by atoms with Crippen molar-refractivity contribution in [1.82, 2.24) is 4.90 Å². The van der Waals surface area contributed by atoms with E-state index in [1.807, 2.05) is 65.7 Å². The van der Waals surface area contributed by atoms with Gasteiger partial charge < -0.3 is 19.7 Å². The van der Waals surface area contributed by atoms with Crippen LogP contribution in [0.3, 0.4) is 0 Å². The first-order chi connectivity index (χ1) is 20.5. The molecule has 42 heavy (non-hydrogen) atoms. The summed E-state index contributed by atoms with van der Waals surface area (Å²) < 4.78 is 24.9. The number of hydrogen-bond acceptors (Lipinski definition) is 6. The molecule has 0 aliphatic carbocycles. The number of para-hydroxylation sites is 1. The Kier molecular flexibility index (Phi) is 5.19. The normalized spacial score (nSPS) is 24.3. The topological polar surface area (TPSA) is 84.9 Å². The number of ketones is 2. The van der Waals surface area contributed by atoms with E-state index >= 15 is 0 Å². The fourth-order valence-electron chi connectivity index (χ4n) is 7.18. The number of anilines is 1. The van der Waals surface area contributed by atoms with E-state index in [1.54, 1.807) is 18.2 Å². The maximum absolute atomic E-state index is 14.9. The van der Waals surface area contributed by atoms with E-state index in [4.69, 9.17) is 9.47 Å². The summed E-state index contributed by atoms with van der Waals surface area (Å²) in [5.41, 5.74) is 2.10. The van der Waals surface area contributed by atoms with Crippen molar-refractivity contribution in [2.75, 3.05) is 12.1 Å². The summed E-state index contributed by atoms with van der Waals surface area (Å²) in [7, 11) is 0. The highest BCUT2D eigenvalue weighted by atomic mass is 19.1. The third-order valence-corrected chi connectivity index (χ3v) is 8.91. The molecule has 4 aromatic carbocycles. The molecule has 4 heterocycles. The monoisotopic (exact) mass is 558 g/mol. The summed E-state index contributed by atoms with van der Waals surface area (Å²) in [6, 6.07) is 23.5. The zero-order valence-electron chi connectivity index (χ0n) is 22.1. The van der Waals surface area contributed by atoms with Gasteiger partial charge in [-0.05, 0) is 71.3 Å². The van der Waals surface area contributed by atoms with Crippen molar-refractivity contribution in [1.29, 1.82) is 0 Å². The van der Waals surface area contributed by atoms with Crippen LogP contribution in [0.4, 0.5) is 10.1 Å². The lowest BCUT2D eigenvalue weighted by atomic mass is 9.62. The first-order valence-electron chi connectivity index (χ1n) is 13.7. The maximum Gasteiger partial charge on any atom is 0.238 e. The average Bonchev–Trinajstić information content (AvgIpc) is 3.70. The second kappa shape index (κ2) is 8.88. The van der Waals surface area contributed by atoms with Crippen molar-refractivity contribution in [3.63, 3.8) is 0 Å². The number of carbonyl (C=O) groups excluding carboxylic acids is 3. The molecule has 1 fully saturated rings. The lowest BCUT2D eigenvalue weighted by Gasteiger charge is -2.38. The number of fused-ring (bicyclic) bond motifs is 7. The van der Waals surface area contributed by atoms with E-state index < -0.39 is 29.2 Å². The highest BCUT2D eigenvalue weighted by Gasteiger charge is 2.70. The van der Waals surface area contributed by atoms with Gasteiger partial charge in [0.2, 0.25) is 12.7 Å². The zero-order chi connectivity index (χ0) is 28.6. The van der Waals surface area contributed by atoms with E-state index in [0.717, 1.165) is 11.1 Å². The van der Waals surface area contributed by atoms with Crippen molar-refractivity contribution in [3.8, 4) is 11.5 Å². The van der Waals surface area contributed by atoms with Gasteiger partial charge in [-0.1, -0.05) is 42.5 Å². The number of halogens is 1. The minimum absolute atomic E-state index is 0.0409. The lowest BCUT2D eigenvalue weighted by molar-refractivity contribution is -0.122. The number of Topliss-reactive ketones (excluding diaryl/α,β-unsaturated/α-hetero) is 2. The van der Waals surface area contributed by atoms with Crippen molar-refractivity contribution >= 4 is 29.2 Å². The van der Waals surface area contributed by atoms with Gasteiger partial charge in [0.25, 0.3) is 0 Å². The van der Waals surface area contributed by atoms with Gasteiger partial charge in [-0.15, -0.1) is 0 Å². The Morgan fingerprint density at radius 2 is 1.60 bits per heavy atom. The van der Waals surface area contributed by atoms with Crippen molar-refractivity contribution in [2.24, 2.45) is 5.92 Å². The van der Waals surface area contributed by atoms with Crippen LogP contribution in [0.15, 0.2) is 97.2 Å². The number of carbonyl (C=O) groups is 3. The van der Waals surface area contributed by atoms with Gasteiger partial charge >= 0.3 is 0 Å². The molecule has 206 valence electrons. The van der Waals surface area contributed by atoms with Crippen LogP contribution in [0.5, 0.6) is 11.5 Å². The summed E-state index contributed by atoms with van der Waals surface area (Å²) in [6.45, 7) is 0.0409. The number of hydrogen-bond donors (Lipinski definition) is 1. The minimum atomic E-state index is -1.45. The maximum atomic E-state index is 14.9. The molecule has 8 rings (SSSR count). The van der Waals surface area contributed by atoms with Crippen molar-refractivity contribution in [3.05, 3.63) is 131 Å². The SMILES string of the molecule is O=C(c1ccc(F)cc1)[C@@H]1[C@H](C(=O)c2ccc3c(c2)OCO3)[C@]2(C(=O)Nc3ccccc32)[C@@H]2c3ccccc3C=CN12. The van der Waals surface area contributed by atoms with Crippen LogP contribution in [0.2, 0.25) is 0 Å². The summed E-state index contributed by atoms with van der Waals surface area (Å²) in [5.74, 6) is -1.77. The molecule has 4 atom stereocenters. The van der Waals surface area contributed by atoms with Gasteiger partial charge in [0.1, 0.15) is 17.3 Å². The Balaban J connectivity index is 1.41. The molecule has 0 unspecified atom stereocenters. The zero-order valence-corrected chi connectivity index (χ0v) is 22.1. The van der Waals surface area contributed by atoms with Gasteiger partial charge in [0.15, 0.2) is 23.1 Å². The summed E-state index contributed by atoms with van der Waals surface area (Å²) in [4.78, 5) is 45.7. The Bertz CT molecular complexity index is 1850. The molecule has 4 aliphatic heterocycles. The second-order valence-corrected chi connectivity index (χ2v) is 10.9. The van der Waals surface area contributed by atoms with E-state index in [1.165, 1.54) is 24.3 Å². The van der Waals surface area contributed by atoms with E-state index in [0.29, 0.717) is 28.3 Å². The Hall–Kier alpha value is -5.24. The first-order valence-corrected chi connectivity index (χ1v) is 13.7. The summed E-state index contributed by atoms with van der Waals surface area (Å²) >= 11 is 0. The summed E-state index contributed by atoms with van der Waals surface area (Å²) in [5, 5.41) is 3.03. The second-order valence-electron chi connectivity index (χ2n) is 10.9. The van der Waals surface area contributed by atoms with Gasteiger partial charge in [0, 0.05) is 23.0 Å².